The highest BCUT2D eigenvalue weighted by molar-refractivity contribution is 5.82. The topological polar surface area (TPSA) is 59.3 Å². The van der Waals surface area contributed by atoms with Crippen molar-refractivity contribution in [1.82, 2.24) is 0 Å². The molecule has 0 atom stereocenters. The van der Waals surface area contributed by atoms with Gasteiger partial charge >= 0.3 is 5.63 Å². The predicted octanol–water partition coefficient (Wildman–Crippen LogP) is -0.890. The molecule has 3 rings (SSSR count). The number of aromatic hydroxyl groups is 1. The van der Waals surface area contributed by atoms with Crippen molar-refractivity contribution in [3.63, 3.8) is 0 Å². The van der Waals surface area contributed by atoms with Crippen molar-refractivity contribution >= 4 is 11.0 Å². The maximum absolute atomic E-state index is 11.8. The number of hydrogen-bond acceptors (Lipinski definition) is 3. The van der Waals surface area contributed by atoms with Crippen LogP contribution in [0.2, 0.25) is 0 Å². The van der Waals surface area contributed by atoms with Gasteiger partial charge in [-0.2, -0.15) is 0 Å². The number of fused-ring (bicyclic) bond motifs is 1. The maximum atomic E-state index is 11.8. The molecule has 1 aromatic heterocycles. The smallest absolute Gasteiger partial charge is 0.336 e. The molecule has 0 bridgehead atoms. The number of likely N-dealkylation sites (N-methyl/N-ethyl adjacent to an activating group) is 1. The average Bonchev–Trinajstić information content (AvgIpc) is 2.50. The molecule has 2 aromatic rings. The lowest BCUT2D eigenvalue weighted by Crippen LogP contribution is -3.27. The van der Waals surface area contributed by atoms with Gasteiger partial charge in [0.2, 0.25) is 0 Å². The zero-order valence-electron chi connectivity index (χ0n) is 13.2. The Morgan fingerprint density at radius 1 is 1.14 bits per heavy atom. The lowest BCUT2D eigenvalue weighted by molar-refractivity contribution is -1.02. The molecule has 5 nitrogen and oxygen atoms in total. The molecule has 0 spiro atoms. The zero-order valence-corrected chi connectivity index (χ0v) is 13.2. The Kier molecular flexibility index (Phi) is 4.18. The highest BCUT2D eigenvalue weighted by Crippen LogP contribution is 2.25. The first-order valence-electron chi connectivity index (χ1n) is 8.00. The Morgan fingerprint density at radius 2 is 1.82 bits per heavy atom. The van der Waals surface area contributed by atoms with E-state index in [9.17, 15) is 9.90 Å². The van der Waals surface area contributed by atoms with Crippen molar-refractivity contribution in [1.29, 1.82) is 0 Å². The van der Waals surface area contributed by atoms with Crippen LogP contribution in [0.3, 0.4) is 0 Å². The summed E-state index contributed by atoms with van der Waals surface area (Å²) in [7, 11) is 0. The van der Waals surface area contributed by atoms with E-state index in [0.29, 0.717) is 5.58 Å². The Bertz CT molecular complexity index is 730. The third-order valence-corrected chi connectivity index (χ3v) is 4.75. The predicted molar refractivity (Wildman–Crippen MR) is 84.5 cm³/mol. The fourth-order valence-corrected chi connectivity index (χ4v) is 3.27. The van der Waals surface area contributed by atoms with Crippen LogP contribution in [0.4, 0.5) is 0 Å². The molecular formula is C17H24N2O3+2. The summed E-state index contributed by atoms with van der Waals surface area (Å²) in [4.78, 5) is 14.9. The fourth-order valence-electron chi connectivity index (χ4n) is 3.27. The number of quaternary nitrogens is 2. The van der Waals surface area contributed by atoms with Crippen LogP contribution in [-0.4, -0.2) is 37.8 Å². The zero-order chi connectivity index (χ0) is 15.7. The molecule has 22 heavy (non-hydrogen) atoms. The van der Waals surface area contributed by atoms with Crippen molar-refractivity contribution in [3.05, 3.63) is 39.7 Å². The van der Waals surface area contributed by atoms with Crippen LogP contribution in [0.15, 0.2) is 27.4 Å². The fraction of sp³-hybridized carbons (Fsp3) is 0.471. The van der Waals surface area contributed by atoms with E-state index in [4.69, 9.17) is 4.42 Å². The van der Waals surface area contributed by atoms with Crippen LogP contribution < -0.4 is 15.4 Å². The largest absolute Gasteiger partial charge is 0.508 e. The van der Waals surface area contributed by atoms with Crippen LogP contribution >= 0.6 is 0 Å². The van der Waals surface area contributed by atoms with Gasteiger partial charge in [0.1, 0.15) is 44.1 Å². The van der Waals surface area contributed by atoms with Gasteiger partial charge in [-0.05, 0) is 31.5 Å². The Morgan fingerprint density at radius 3 is 2.50 bits per heavy atom. The summed E-state index contributed by atoms with van der Waals surface area (Å²) in [6.07, 6.45) is 0. The Balaban J connectivity index is 1.90. The average molecular weight is 304 g/mol. The number of phenolic OH excluding ortho intramolecular Hbond substituents is 1. The summed E-state index contributed by atoms with van der Waals surface area (Å²) in [5.74, 6) is 0.248. The van der Waals surface area contributed by atoms with E-state index in [-0.39, 0.29) is 11.4 Å². The van der Waals surface area contributed by atoms with Gasteiger partial charge in [0.05, 0.1) is 6.54 Å². The highest BCUT2D eigenvalue weighted by atomic mass is 16.4. The van der Waals surface area contributed by atoms with E-state index >= 15 is 0 Å². The third kappa shape index (κ3) is 3.00. The van der Waals surface area contributed by atoms with Gasteiger partial charge in [0.25, 0.3) is 0 Å². The molecule has 0 unspecified atom stereocenters. The van der Waals surface area contributed by atoms with Crippen LogP contribution in [0.5, 0.6) is 5.75 Å². The van der Waals surface area contributed by atoms with Gasteiger partial charge in [-0.15, -0.1) is 0 Å². The minimum Gasteiger partial charge on any atom is -0.508 e. The van der Waals surface area contributed by atoms with Crippen LogP contribution in [0, 0.1) is 6.92 Å². The van der Waals surface area contributed by atoms with Gasteiger partial charge in [0, 0.05) is 17.0 Å². The van der Waals surface area contributed by atoms with Crippen LogP contribution in [0.1, 0.15) is 18.1 Å². The van der Waals surface area contributed by atoms with Crippen molar-refractivity contribution in [2.24, 2.45) is 0 Å². The van der Waals surface area contributed by atoms with Gasteiger partial charge in [0.15, 0.2) is 0 Å². The highest BCUT2D eigenvalue weighted by Gasteiger charge is 2.23. The quantitative estimate of drug-likeness (QED) is 0.645. The molecular weight excluding hydrogens is 280 g/mol. The number of rotatable bonds is 3. The monoisotopic (exact) mass is 304 g/mol. The van der Waals surface area contributed by atoms with Crippen LogP contribution in [-0.2, 0) is 6.54 Å². The molecule has 3 N–H and O–H groups in total. The number of aryl methyl sites for hydroxylation is 1. The second-order valence-corrected chi connectivity index (χ2v) is 6.26. The molecule has 0 saturated carbocycles. The van der Waals surface area contributed by atoms with Gasteiger partial charge in [-0.1, -0.05) is 0 Å². The van der Waals surface area contributed by atoms with E-state index in [0.717, 1.165) is 36.1 Å². The first-order chi connectivity index (χ1) is 10.6. The van der Waals surface area contributed by atoms with Gasteiger partial charge < -0.3 is 19.3 Å². The normalized spacial score (nSPS) is 22.1. The summed E-state index contributed by atoms with van der Waals surface area (Å²) in [5, 5.41) is 10.8. The maximum Gasteiger partial charge on any atom is 0.336 e. The summed E-state index contributed by atoms with van der Waals surface area (Å²) >= 11 is 0. The van der Waals surface area contributed by atoms with Gasteiger partial charge in [-0.3, -0.25) is 0 Å². The van der Waals surface area contributed by atoms with E-state index in [1.165, 1.54) is 24.5 Å². The summed E-state index contributed by atoms with van der Waals surface area (Å²) in [6, 6.07) is 5.03. The molecule has 1 aliphatic rings. The number of piperazine rings is 1. The molecule has 0 aliphatic carbocycles. The third-order valence-electron chi connectivity index (χ3n) is 4.75. The van der Waals surface area contributed by atoms with Crippen molar-refractivity contribution < 1.29 is 19.3 Å². The van der Waals surface area contributed by atoms with E-state index in [2.05, 4.69) is 6.92 Å². The Hall–Kier alpha value is -1.85. The molecule has 118 valence electrons. The van der Waals surface area contributed by atoms with Crippen molar-refractivity contribution in [2.75, 3.05) is 32.7 Å². The second kappa shape index (κ2) is 6.10. The lowest BCUT2D eigenvalue weighted by Gasteiger charge is -2.29. The first-order valence-corrected chi connectivity index (χ1v) is 8.00. The SMILES string of the molecule is CC[NH+]1CC[NH+](Cc2cc(=O)oc3cc(C)c(O)cc23)CC1. The lowest BCUT2D eigenvalue weighted by atomic mass is 10.1. The Labute approximate surface area is 129 Å². The second-order valence-electron chi connectivity index (χ2n) is 6.26. The summed E-state index contributed by atoms with van der Waals surface area (Å²) in [5.41, 5.74) is 1.94. The number of benzene rings is 1. The molecule has 0 radical (unpaired) electrons. The minimum absolute atomic E-state index is 0.248. The molecule has 0 amide bonds. The molecule has 2 heterocycles. The molecule has 5 heteroatoms. The number of nitrogens with one attached hydrogen (secondary N) is 2. The minimum atomic E-state index is -0.315. The van der Waals surface area contributed by atoms with E-state index < -0.39 is 0 Å². The first kappa shape index (κ1) is 15.1. The molecule has 1 fully saturated rings. The van der Waals surface area contributed by atoms with E-state index in [1.54, 1.807) is 30.0 Å². The molecule has 1 aliphatic heterocycles. The standard InChI is InChI=1S/C17H22N2O3/c1-3-18-4-6-19(7-5-18)11-13-9-17(21)22-16-8-12(2)15(20)10-14(13)16/h8-10,20H,3-7,11H2,1-2H3/p+2. The van der Waals surface area contributed by atoms with Crippen molar-refractivity contribution in [3.8, 4) is 5.75 Å². The summed E-state index contributed by atoms with van der Waals surface area (Å²) < 4.78 is 5.28. The number of hydrogen-bond donors (Lipinski definition) is 3. The van der Waals surface area contributed by atoms with Crippen LogP contribution in [0.25, 0.3) is 11.0 Å². The van der Waals surface area contributed by atoms with E-state index in [1.807, 2.05) is 0 Å². The molecule has 1 saturated heterocycles. The number of phenols is 1. The van der Waals surface area contributed by atoms with Crippen molar-refractivity contribution in [2.45, 2.75) is 20.4 Å². The summed E-state index contributed by atoms with van der Waals surface area (Å²) in [6.45, 7) is 10.6. The molecule has 1 aromatic carbocycles. The van der Waals surface area contributed by atoms with Gasteiger partial charge in [-0.25, -0.2) is 4.79 Å².